The summed E-state index contributed by atoms with van der Waals surface area (Å²) < 4.78 is 0. The number of nitrogens with one attached hydrogen (secondary N) is 3. The Kier molecular flexibility index (Phi) is 3.62. The van der Waals surface area contributed by atoms with Crippen LogP contribution < -0.4 is 16.0 Å². The molecule has 0 bridgehead atoms. The molecule has 3 N–H and O–H groups in total. The molecule has 1 saturated carbocycles. The quantitative estimate of drug-likeness (QED) is 0.649. The van der Waals surface area contributed by atoms with Crippen molar-refractivity contribution in [3.63, 3.8) is 0 Å². The maximum atomic E-state index is 12.7. The molecule has 1 aromatic rings. The Labute approximate surface area is 151 Å². The van der Waals surface area contributed by atoms with Gasteiger partial charge in [0.2, 0.25) is 11.8 Å². The van der Waals surface area contributed by atoms with Gasteiger partial charge in [-0.05, 0) is 48.5 Å². The molecule has 3 fully saturated rings. The fourth-order valence-electron chi connectivity index (χ4n) is 4.69. The molecule has 3 aliphatic heterocycles. The molecular formula is C19H22N4O3. The Morgan fingerprint density at radius 1 is 1.15 bits per heavy atom. The zero-order valence-electron chi connectivity index (χ0n) is 14.5. The summed E-state index contributed by atoms with van der Waals surface area (Å²) in [5, 5.41) is 9.36. The maximum absolute atomic E-state index is 12.7. The third-order valence-corrected chi connectivity index (χ3v) is 6.22. The summed E-state index contributed by atoms with van der Waals surface area (Å²) in [5.74, 6) is 0.807. The number of benzene rings is 1. The Bertz CT molecular complexity index is 798. The molecule has 7 heteroatoms. The van der Waals surface area contributed by atoms with E-state index >= 15 is 0 Å². The van der Waals surface area contributed by atoms with Crippen LogP contribution >= 0.6 is 0 Å². The molecule has 0 spiro atoms. The van der Waals surface area contributed by atoms with Crippen LogP contribution in [0.25, 0.3) is 0 Å². The Morgan fingerprint density at radius 2 is 1.96 bits per heavy atom. The first kappa shape index (κ1) is 16.0. The van der Waals surface area contributed by atoms with Crippen LogP contribution in [0.4, 0.5) is 0 Å². The van der Waals surface area contributed by atoms with Gasteiger partial charge in [0, 0.05) is 31.1 Å². The first-order valence-electron chi connectivity index (χ1n) is 9.32. The number of carbonyl (C=O) groups excluding carboxylic acids is 3. The lowest BCUT2D eigenvalue weighted by atomic mass is 10.0. The summed E-state index contributed by atoms with van der Waals surface area (Å²) in [7, 11) is 0. The first-order chi connectivity index (χ1) is 12.6. The molecule has 3 heterocycles. The molecular weight excluding hydrogens is 332 g/mol. The van der Waals surface area contributed by atoms with Crippen LogP contribution in [0.3, 0.4) is 0 Å². The molecule has 4 aliphatic rings. The summed E-state index contributed by atoms with van der Waals surface area (Å²) in [6.45, 7) is 3.47. The van der Waals surface area contributed by atoms with Crippen molar-refractivity contribution in [1.29, 1.82) is 0 Å². The molecule has 3 unspecified atom stereocenters. The molecule has 136 valence electrons. The van der Waals surface area contributed by atoms with E-state index in [-0.39, 0.29) is 24.1 Å². The molecule has 2 saturated heterocycles. The summed E-state index contributed by atoms with van der Waals surface area (Å²) in [5.41, 5.74) is 2.81. The van der Waals surface area contributed by atoms with Crippen LogP contribution in [-0.4, -0.2) is 47.8 Å². The smallest absolute Gasteiger partial charge is 0.255 e. The molecule has 7 nitrogen and oxygen atoms in total. The number of amides is 3. The van der Waals surface area contributed by atoms with Crippen LogP contribution in [-0.2, 0) is 22.7 Å². The highest BCUT2D eigenvalue weighted by molar-refractivity contribution is 6.05. The van der Waals surface area contributed by atoms with Crippen LogP contribution in [0.5, 0.6) is 0 Å². The molecule has 3 atom stereocenters. The van der Waals surface area contributed by atoms with Gasteiger partial charge in [-0.25, -0.2) is 0 Å². The molecule has 0 aromatic heterocycles. The fourth-order valence-corrected chi connectivity index (χ4v) is 4.69. The molecule has 3 amide bonds. The van der Waals surface area contributed by atoms with E-state index in [1.807, 2.05) is 12.1 Å². The van der Waals surface area contributed by atoms with E-state index in [0.717, 1.165) is 37.0 Å². The number of nitrogens with zero attached hydrogens (tertiary/aromatic N) is 1. The average Bonchev–Trinajstić information content (AvgIpc) is 2.93. The van der Waals surface area contributed by atoms with E-state index in [4.69, 9.17) is 0 Å². The van der Waals surface area contributed by atoms with Crippen molar-refractivity contribution >= 4 is 17.7 Å². The van der Waals surface area contributed by atoms with Gasteiger partial charge in [-0.15, -0.1) is 0 Å². The van der Waals surface area contributed by atoms with E-state index in [1.54, 1.807) is 4.90 Å². The molecule has 26 heavy (non-hydrogen) atoms. The topological polar surface area (TPSA) is 90.5 Å². The predicted octanol–water partition coefficient (Wildman–Crippen LogP) is -0.245. The largest absolute Gasteiger partial charge is 0.322 e. The number of piperidine rings is 2. The standard InChI is InChI=1S/C19H22N4O3/c24-16-4-3-15(18(25)22-16)23-9-11-5-10(1-2-12(11)19(23)26)6-21-17-13-7-20-8-14(13)17/h1-2,5,13-15,17,20-21H,3-4,6-9H2,(H,22,24,25). The number of fused-ring (bicyclic) bond motifs is 2. The van der Waals surface area contributed by atoms with E-state index in [2.05, 4.69) is 22.0 Å². The third kappa shape index (κ3) is 2.54. The highest BCUT2D eigenvalue weighted by Gasteiger charge is 2.52. The number of imide groups is 1. The number of hydrogen-bond acceptors (Lipinski definition) is 5. The monoisotopic (exact) mass is 354 g/mol. The second-order valence-corrected chi connectivity index (χ2v) is 7.78. The van der Waals surface area contributed by atoms with Gasteiger partial charge in [-0.1, -0.05) is 12.1 Å². The van der Waals surface area contributed by atoms with Crippen molar-refractivity contribution in [2.75, 3.05) is 13.1 Å². The van der Waals surface area contributed by atoms with Gasteiger partial charge in [0.1, 0.15) is 6.04 Å². The van der Waals surface area contributed by atoms with Gasteiger partial charge < -0.3 is 15.5 Å². The van der Waals surface area contributed by atoms with Crippen LogP contribution in [0.2, 0.25) is 0 Å². The van der Waals surface area contributed by atoms with Gasteiger partial charge in [0.05, 0.1) is 0 Å². The molecule has 5 rings (SSSR count). The number of hydrogen-bond donors (Lipinski definition) is 3. The van der Waals surface area contributed by atoms with Crippen molar-refractivity contribution in [3.05, 3.63) is 34.9 Å². The van der Waals surface area contributed by atoms with Crippen molar-refractivity contribution in [2.24, 2.45) is 11.8 Å². The zero-order chi connectivity index (χ0) is 17.8. The van der Waals surface area contributed by atoms with E-state index in [0.29, 0.717) is 24.6 Å². The maximum Gasteiger partial charge on any atom is 0.255 e. The van der Waals surface area contributed by atoms with Crippen molar-refractivity contribution in [1.82, 2.24) is 20.9 Å². The lowest BCUT2D eigenvalue weighted by Gasteiger charge is -2.29. The fraction of sp³-hybridized carbons (Fsp3) is 0.526. The minimum atomic E-state index is -0.549. The zero-order valence-corrected chi connectivity index (χ0v) is 14.5. The van der Waals surface area contributed by atoms with Gasteiger partial charge >= 0.3 is 0 Å². The van der Waals surface area contributed by atoms with Crippen molar-refractivity contribution in [2.45, 2.75) is 38.0 Å². The lowest BCUT2D eigenvalue weighted by molar-refractivity contribution is -0.136. The summed E-state index contributed by atoms with van der Waals surface area (Å²) in [6, 6.07) is 6.01. The van der Waals surface area contributed by atoms with Gasteiger partial charge in [0.15, 0.2) is 0 Å². The Balaban J connectivity index is 1.26. The molecule has 1 aliphatic carbocycles. The van der Waals surface area contributed by atoms with E-state index < -0.39 is 6.04 Å². The van der Waals surface area contributed by atoms with Gasteiger partial charge in [-0.3, -0.25) is 19.7 Å². The lowest BCUT2D eigenvalue weighted by Crippen LogP contribution is -2.52. The Morgan fingerprint density at radius 3 is 2.73 bits per heavy atom. The van der Waals surface area contributed by atoms with Crippen molar-refractivity contribution in [3.8, 4) is 0 Å². The van der Waals surface area contributed by atoms with Crippen LogP contribution in [0.15, 0.2) is 18.2 Å². The van der Waals surface area contributed by atoms with E-state index in [1.165, 1.54) is 5.56 Å². The third-order valence-electron chi connectivity index (χ3n) is 6.22. The van der Waals surface area contributed by atoms with Crippen molar-refractivity contribution < 1.29 is 14.4 Å². The second-order valence-electron chi connectivity index (χ2n) is 7.78. The molecule has 0 radical (unpaired) electrons. The number of carbonyl (C=O) groups is 3. The van der Waals surface area contributed by atoms with Gasteiger partial charge in [0.25, 0.3) is 5.91 Å². The Hall–Kier alpha value is -2.25. The molecule has 1 aromatic carbocycles. The average molecular weight is 354 g/mol. The second kappa shape index (κ2) is 5.89. The van der Waals surface area contributed by atoms with Gasteiger partial charge in [-0.2, -0.15) is 0 Å². The highest BCUT2D eigenvalue weighted by Crippen LogP contribution is 2.41. The summed E-state index contributed by atoms with van der Waals surface area (Å²) >= 11 is 0. The normalized spacial score (nSPS) is 32.5. The minimum absolute atomic E-state index is 0.114. The van der Waals surface area contributed by atoms with Crippen LogP contribution in [0, 0.1) is 11.8 Å². The van der Waals surface area contributed by atoms with E-state index in [9.17, 15) is 14.4 Å². The summed E-state index contributed by atoms with van der Waals surface area (Å²) in [6.07, 6.45) is 0.682. The summed E-state index contributed by atoms with van der Waals surface area (Å²) in [4.78, 5) is 37.7. The SMILES string of the molecule is O=C1CCC(N2Cc3cc(CNC4C5CNCC54)ccc3C2=O)C(=O)N1. The predicted molar refractivity (Wildman–Crippen MR) is 93.0 cm³/mol. The number of rotatable bonds is 4. The van der Waals surface area contributed by atoms with Crippen LogP contribution in [0.1, 0.15) is 34.3 Å². The highest BCUT2D eigenvalue weighted by atomic mass is 16.2. The minimum Gasteiger partial charge on any atom is -0.322 e. The first-order valence-corrected chi connectivity index (χ1v) is 9.32.